The van der Waals surface area contributed by atoms with Gasteiger partial charge in [0.1, 0.15) is 5.76 Å². The molecule has 0 atom stereocenters. The van der Waals surface area contributed by atoms with Crippen LogP contribution in [0.15, 0.2) is 47.1 Å². The molecular weight excluding hydrogens is 328 g/mol. The van der Waals surface area contributed by atoms with Gasteiger partial charge >= 0.3 is 0 Å². The highest BCUT2D eigenvalue weighted by atomic mass is 16.3. The van der Waals surface area contributed by atoms with Crippen LogP contribution >= 0.6 is 0 Å². The van der Waals surface area contributed by atoms with E-state index >= 15 is 0 Å². The molecule has 0 fully saturated rings. The Bertz CT molecular complexity index is 807. The number of aryl methyl sites for hydroxylation is 1. The van der Waals surface area contributed by atoms with Crippen LogP contribution in [0.4, 0.5) is 11.4 Å². The molecule has 0 aliphatic carbocycles. The van der Waals surface area contributed by atoms with Crippen LogP contribution < -0.4 is 10.2 Å². The number of anilines is 2. The Morgan fingerprint density at radius 1 is 1.31 bits per heavy atom. The third kappa shape index (κ3) is 4.42. The lowest BCUT2D eigenvalue weighted by atomic mass is 9.99. The Labute approximate surface area is 153 Å². The maximum absolute atomic E-state index is 12.3. The summed E-state index contributed by atoms with van der Waals surface area (Å²) < 4.78 is 5.17. The van der Waals surface area contributed by atoms with Crippen LogP contribution in [0.1, 0.15) is 38.0 Å². The second kappa shape index (κ2) is 8.04. The van der Waals surface area contributed by atoms with Gasteiger partial charge in [-0.25, -0.2) is 0 Å². The Morgan fingerprint density at radius 2 is 2.15 bits per heavy atom. The highest BCUT2D eigenvalue weighted by Crippen LogP contribution is 2.30. The van der Waals surface area contributed by atoms with E-state index in [9.17, 15) is 9.59 Å². The number of fused-ring (bicyclic) bond motifs is 1. The summed E-state index contributed by atoms with van der Waals surface area (Å²) in [7, 11) is 0. The van der Waals surface area contributed by atoms with Gasteiger partial charge in [-0.1, -0.05) is 13.8 Å². The molecule has 2 heterocycles. The van der Waals surface area contributed by atoms with Crippen LogP contribution in [-0.2, 0) is 16.0 Å². The number of hydrogen-bond donors (Lipinski definition) is 1. The normalized spacial score (nSPS) is 14.1. The number of nitrogens with one attached hydrogen (secondary N) is 1. The van der Waals surface area contributed by atoms with E-state index in [0.29, 0.717) is 24.5 Å². The van der Waals surface area contributed by atoms with Crippen molar-refractivity contribution in [2.45, 2.75) is 33.1 Å². The largest absolute Gasteiger partial charge is 0.465 e. The SMILES string of the molecule is CC(C)CCN1C(=O)CCc2cc(NC(=O)/C=C/c3ccco3)ccc21. The molecule has 26 heavy (non-hydrogen) atoms. The number of carbonyl (C=O) groups excluding carboxylic acids is 2. The van der Waals surface area contributed by atoms with Gasteiger partial charge in [-0.3, -0.25) is 9.59 Å². The average molecular weight is 352 g/mol. The molecule has 0 spiro atoms. The zero-order valence-corrected chi connectivity index (χ0v) is 15.2. The maximum atomic E-state index is 12.3. The first kappa shape index (κ1) is 18.0. The summed E-state index contributed by atoms with van der Waals surface area (Å²) in [6, 6.07) is 9.29. The molecule has 1 aromatic carbocycles. The van der Waals surface area contributed by atoms with Crippen molar-refractivity contribution in [3.05, 3.63) is 54.0 Å². The van der Waals surface area contributed by atoms with E-state index in [-0.39, 0.29) is 11.8 Å². The van der Waals surface area contributed by atoms with E-state index in [1.165, 1.54) is 6.08 Å². The van der Waals surface area contributed by atoms with Crippen LogP contribution in [0.5, 0.6) is 0 Å². The fourth-order valence-corrected chi connectivity index (χ4v) is 3.00. The van der Waals surface area contributed by atoms with Crippen molar-refractivity contribution in [1.29, 1.82) is 0 Å². The van der Waals surface area contributed by atoms with E-state index < -0.39 is 0 Å². The van der Waals surface area contributed by atoms with E-state index in [0.717, 1.165) is 29.9 Å². The molecule has 3 rings (SSSR count). The molecule has 0 saturated heterocycles. The van der Waals surface area contributed by atoms with Crippen molar-refractivity contribution in [2.24, 2.45) is 5.92 Å². The average Bonchev–Trinajstić information content (AvgIpc) is 3.12. The molecule has 1 aromatic heterocycles. The smallest absolute Gasteiger partial charge is 0.248 e. The highest BCUT2D eigenvalue weighted by Gasteiger charge is 2.24. The number of carbonyl (C=O) groups is 2. The van der Waals surface area contributed by atoms with E-state index in [1.54, 1.807) is 24.5 Å². The Balaban J connectivity index is 1.70. The van der Waals surface area contributed by atoms with Crippen molar-refractivity contribution in [3.63, 3.8) is 0 Å². The van der Waals surface area contributed by atoms with Crippen LogP contribution in [-0.4, -0.2) is 18.4 Å². The van der Waals surface area contributed by atoms with Crippen molar-refractivity contribution in [3.8, 4) is 0 Å². The minimum Gasteiger partial charge on any atom is -0.465 e. The van der Waals surface area contributed by atoms with Gasteiger partial charge in [0.05, 0.1) is 6.26 Å². The summed E-state index contributed by atoms with van der Waals surface area (Å²) in [5.74, 6) is 1.14. The van der Waals surface area contributed by atoms with Crippen molar-refractivity contribution >= 4 is 29.3 Å². The number of hydrogen-bond acceptors (Lipinski definition) is 3. The Kier molecular flexibility index (Phi) is 5.56. The lowest BCUT2D eigenvalue weighted by Gasteiger charge is -2.30. The number of benzene rings is 1. The second-order valence-electron chi connectivity index (χ2n) is 6.91. The molecule has 5 nitrogen and oxygen atoms in total. The minimum atomic E-state index is -0.218. The van der Waals surface area contributed by atoms with Gasteiger partial charge in [0.2, 0.25) is 11.8 Å². The predicted molar refractivity (Wildman–Crippen MR) is 103 cm³/mol. The quantitative estimate of drug-likeness (QED) is 0.790. The summed E-state index contributed by atoms with van der Waals surface area (Å²) >= 11 is 0. The van der Waals surface area contributed by atoms with Crippen molar-refractivity contribution < 1.29 is 14.0 Å². The predicted octanol–water partition coefficient (Wildman–Crippen LogP) is 4.26. The molecule has 1 aliphatic rings. The standard InChI is InChI=1S/C21H24N2O3/c1-15(2)11-12-23-19-8-6-17(14-16(19)5-10-21(23)25)22-20(24)9-7-18-4-3-13-26-18/h3-4,6-9,13-15H,5,10-12H2,1-2H3,(H,22,24)/b9-7+. The number of furan rings is 1. The minimum absolute atomic E-state index is 0.177. The second-order valence-corrected chi connectivity index (χ2v) is 6.91. The molecule has 0 bridgehead atoms. The third-order valence-electron chi connectivity index (χ3n) is 4.42. The first-order valence-corrected chi connectivity index (χ1v) is 8.99. The van der Waals surface area contributed by atoms with Crippen LogP contribution in [0.2, 0.25) is 0 Å². The summed E-state index contributed by atoms with van der Waals surface area (Å²) in [6.07, 6.45) is 6.82. The summed E-state index contributed by atoms with van der Waals surface area (Å²) in [6.45, 7) is 5.05. The molecule has 1 N–H and O–H groups in total. The Morgan fingerprint density at radius 3 is 2.88 bits per heavy atom. The van der Waals surface area contributed by atoms with E-state index in [4.69, 9.17) is 4.42 Å². The lowest BCUT2D eigenvalue weighted by molar-refractivity contribution is -0.119. The number of rotatable bonds is 6. The fourth-order valence-electron chi connectivity index (χ4n) is 3.00. The summed E-state index contributed by atoms with van der Waals surface area (Å²) in [5.41, 5.74) is 2.79. The molecular formula is C21H24N2O3. The van der Waals surface area contributed by atoms with Crippen molar-refractivity contribution in [2.75, 3.05) is 16.8 Å². The molecule has 2 amide bonds. The first-order chi connectivity index (χ1) is 12.5. The molecule has 5 heteroatoms. The first-order valence-electron chi connectivity index (χ1n) is 8.99. The fraction of sp³-hybridized carbons (Fsp3) is 0.333. The van der Waals surface area contributed by atoms with Gasteiger partial charge < -0.3 is 14.6 Å². The lowest BCUT2D eigenvalue weighted by Crippen LogP contribution is -2.36. The van der Waals surface area contributed by atoms with Gasteiger partial charge in [-0.2, -0.15) is 0 Å². The van der Waals surface area contributed by atoms with Gasteiger partial charge in [-0.15, -0.1) is 0 Å². The zero-order valence-electron chi connectivity index (χ0n) is 15.2. The zero-order chi connectivity index (χ0) is 18.5. The van der Waals surface area contributed by atoms with E-state index in [1.807, 2.05) is 23.1 Å². The molecule has 0 saturated carbocycles. The number of nitrogens with zero attached hydrogens (tertiary/aromatic N) is 1. The van der Waals surface area contributed by atoms with Gasteiger partial charge in [0.15, 0.2) is 0 Å². The van der Waals surface area contributed by atoms with Crippen LogP contribution in [0.25, 0.3) is 6.08 Å². The molecule has 136 valence electrons. The topological polar surface area (TPSA) is 62.6 Å². The van der Waals surface area contributed by atoms with E-state index in [2.05, 4.69) is 19.2 Å². The highest BCUT2D eigenvalue weighted by molar-refractivity contribution is 6.02. The Hall–Kier alpha value is -2.82. The molecule has 0 radical (unpaired) electrons. The molecule has 1 aliphatic heterocycles. The van der Waals surface area contributed by atoms with Crippen LogP contribution in [0, 0.1) is 5.92 Å². The maximum Gasteiger partial charge on any atom is 0.248 e. The summed E-state index contributed by atoms with van der Waals surface area (Å²) in [5, 5.41) is 2.86. The monoisotopic (exact) mass is 352 g/mol. The van der Waals surface area contributed by atoms with Crippen LogP contribution in [0.3, 0.4) is 0 Å². The summed E-state index contributed by atoms with van der Waals surface area (Å²) in [4.78, 5) is 26.2. The van der Waals surface area contributed by atoms with Crippen molar-refractivity contribution in [1.82, 2.24) is 0 Å². The van der Waals surface area contributed by atoms with Gasteiger partial charge in [-0.05, 0) is 60.7 Å². The number of amides is 2. The molecule has 2 aromatic rings. The van der Waals surface area contributed by atoms with Gasteiger partial charge in [0, 0.05) is 30.4 Å². The van der Waals surface area contributed by atoms with Gasteiger partial charge in [0.25, 0.3) is 0 Å². The third-order valence-corrected chi connectivity index (χ3v) is 4.42. The molecule has 0 unspecified atom stereocenters.